The molecule has 1 amide bonds. The quantitative estimate of drug-likeness (QED) is 0.511. The minimum Gasteiger partial charge on any atom is -0.448 e. The van der Waals surface area contributed by atoms with E-state index < -0.39 is 15.9 Å². The molecular weight excluding hydrogens is 398 g/mol. The highest BCUT2D eigenvalue weighted by molar-refractivity contribution is 7.92. The maximum absolute atomic E-state index is 12.4. The number of benzene rings is 2. The second-order valence-corrected chi connectivity index (χ2v) is 8.84. The number of para-hydroxylation sites is 1. The number of carbonyl (C=O) groups excluding carboxylic acids is 1. The highest BCUT2D eigenvalue weighted by atomic mass is 32.2. The molecule has 0 saturated carbocycles. The molecule has 0 bridgehead atoms. The Bertz CT molecular complexity index is 1220. The van der Waals surface area contributed by atoms with E-state index in [1.165, 1.54) is 11.3 Å². The third-order valence-electron chi connectivity index (χ3n) is 3.78. The first kappa shape index (κ1) is 18.2. The zero-order valence-corrected chi connectivity index (χ0v) is 16.3. The summed E-state index contributed by atoms with van der Waals surface area (Å²) in [6.07, 6.45) is 1.07. The standard InChI is InChI=1S/C19H15N3O4S2/c1-28(24,25)22-13-8-6-12(7-9-13)20-18(23)15-10-11-16(26-15)19-21-14-4-2-3-5-17(14)27-19/h2-11,22H,1H3,(H,20,23). The summed E-state index contributed by atoms with van der Waals surface area (Å²) in [7, 11) is -3.35. The van der Waals surface area contributed by atoms with Crippen LogP contribution in [0.2, 0.25) is 0 Å². The van der Waals surface area contributed by atoms with Crippen molar-refractivity contribution in [2.75, 3.05) is 16.3 Å². The van der Waals surface area contributed by atoms with Gasteiger partial charge < -0.3 is 9.73 Å². The van der Waals surface area contributed by atoms with Gasteiger partial charge in [-0.15, -0.1) is 11.3 Å². The van der Waals surface area contributed by atoms with Crippen molar-refractivity contribution in [1.29, 1.82) is 0 Å². The van der Waals surface area contributed by atoms with Crippen LogP contribution in [0.3, 0.4) is 0 Å². The number of hydrogen-bond donors (Lipinski definition) is 2. The van der Waals surface area contributed by atoms with Gasteiger partial charge in [-0.05, 0) is 48.5 Å². The Balaban J connectivity index is 1.48. The summed E-state index contributed by atoms with van der Waals surface area (Å²) < 4.78 is 31.5. The monoisotopic (exact) mass is 413 g/mol. The predicted molar refractivity (Wildman–Crippen MR) is 110 cm³/mol. The number of anilines is 2. The van der Waals surface area contributed by atoms with Gasteiger partial charge in [-0.25, -0.2) is 13.4 Å². The molecule has 0 fully saturated rings. The number of amides is 1. The van der Waals surface area contributed by atoms with Crippen LogP contribution in [0.25, 0.3) is 21.0 Å². The van der Waals surface area contributed by atoms with Crippen molar-refractivity contribution in [2.24, 2.45) is 0 Å². The molecule has 0 aliphatic heterocycles. The lowest BCUT2D eigenvalue weighted by Gasteiger charge is -2.06. The first-order valence-corrected chi connectivity index (χ1v) is 10.9. The average molecular weight is 413 g/mol. The number of furan rings is 1. The van der Waals surface area contributed by atoms with Gasteiger partial charge in [0.05, 0.1) is 16.5 Å². The molecule has 9 heteroatoms. The topological polar surface area (TPSA) is 101 Å². The molecule has 0 aliphatic carbocycles. The lowest BCUT2D eigenvalue weighted by Crippen LogP contribution is -2.11. The van der Waals surface area contributed by atoms with Crippen LogP contribution in [0.4, 0.5) is 11.4 Å². The Morgan fingerprint density at radius 2 is 1.71 bits per heavy atom. The molecular formula is C19H15N3O4S2. The fourth-order valence-corrected chi connectivity index (χ4v) is 4.07. The van der Waals surface area contributed by atoms with Gasteiger partial charge in [-0.2, -0.15) is 0 Å². The molecule has 7 nitrogen and oxygen atoms in total. The summed E-state index contributed by atoms with van der Waals surface area (Å²) in [6.45, 7) is 0. The van der Waals surface area contributed by atoms with E-state index in [2.05, 4.69) is 15.0 Å². The molecule has 2 aromatic heterocycles. The van der Waals surface area contributed by atoms with Gasteiger partial charge in [-0.1, -0.05) is 12.1 Å². The Kier molecular flexibility index (Phi) is 4.62. The maximum Gasteiger partial charge on any atom is 0.291 e. The van der Waals surface area contributed by atoms with Crippen LogP contribution >= 0.6 is 11.3 Å². The normalized spacial score (nSPS) is 11.5. The molecule has 0 atom stereocenters. The van der Waals surface area contributed by atoms with Crippen molar-refractivity contribution in [3.05, 3.63) is 66.4 Å². The number of hydrogen-bond acceptors (Lipinski definition) is 6. The molecule has 0 unspecified atom stereocenters. The fourth-order valence-electron chi connectivity index (χ4n) is 2.58. The summed E-state index contributed by atoms with van der Waals surface area (Å²) in [4.78, 5) is 16.9. The molecule has 0 saturated heterocycles. The zero-order chi connectivity index (χ0) is 19.7. The van der Waals surface area contributed by atoms with E-state index in [9.17, 15) is 13.2 Å². The van der Waals surface area contributed by atoms with Crippen molar-refractivity contribution >= 4 is 48.9 Å². The number of nitrogens with zero attached hydrogens (tertiary/aromatic N) is 1. The van der Waals surface area contributed by atoms with Crippen LogP contribution in [-0.2, 0) is 10.0 Å². The molecule has 2 heterocycles. The second-order valence-electron chi connectivity index (χ2n) is 6.06. The number of nitrogens with one attached hydrogen (secondary N) is 2. The van der Waals surface area contributed by atoms with Crippen LogP contribution in [0.5, 0.6) is 0 Å². The van der Waals surface area contributed by atoms with E-state index in [1.807, 2.05) is 24.3 Å². The summed E-state index contributed by atoms with van der Waals surface area (Å²) >= 11 is 1.49. The van der Waals surface area contributed by atoms with Crippen molar-refractivity contribution in [1.82, 2.24) is 4.98 Å². The second kappa shape index (κ2) is 7.10. The number of sulfonamides is 1. The average Bonchev–Trinajstić information content (AvgIpc) is 3.29. The molecule has 4 aromatic rings. The van der Waals surface area contributed by atoms with E-state index in [4.69, 9.17) is 4.42 Å². The van der Waals surface area contributed by atoms with Crippen molar-refractivity contribution in [3.8, 4) is 10.8 Å². The SMILES string of the molecule is CS(=O)(=O)Nc1ccc(NC(=O)c2ccc(-c3nc4ccccc4s3)o2)cc1. The van der Waals surface area contributed by atoms with Gasteiger partial charge in [0, 0.05) is 11.4 Å². The highest BCUT2D eigenvalue weighted by Gasteiger charge is 2.15. The minimum absolute atomic E-state index is 0.160. The lowest BCUT2D eigenvalue weighted by molar-refractivity contribution is 0.0997. The van der Waals surface area contributed by atoms with Crippen molar-refractivity contribution in [2.45, 2.75) is 0 Å². The third-order valence-corrected chi connectivity index (χ3v) is 5.44. The number of fused-ring (bicyclic) bond motifs is 1. The van der Waals surface area contributed by atoms with Gasteiger partial charge >= 0.3 is 0 Å². The molecule has 2 N–H and O–H groups in total. The van der Waals surface area contributed by atoms with Gasteiger partial charge in [-0.3, -0.25) is 9.52 Å². The molecule has 0 spiro atoms. The summed E-state index contributed by atoms with van der Waals surface area (Å²) in [5.41, 5.74) is 1.81. The highest BCUT2D eigenvalue weighted by Crippen LogP contribution is 2.31. The Morgan fingerprint density at radius 1 is 1.00 bits per heavy atom. The number of thiazole rings is 1. The van der Waals surface area contributed by atoms with Gasteiger partial charge in [0.1, 0.15) is 0 Å². The Morgan fingerprint density at radius 3 is 2.43 bits per heavy atom. The van der Waals surface area contributed by atoms with Crippen LogP contribution in [0, 0.1) is 0 Å². The van der Waals surface area contributed by atoms with E-state index in [-0.39, 0.29) is 5.76 Å². The lowest BCUT2D eigenvalue weighted by atomic mass is 10.3. The van der Waals surface area contributed by atoms with Gasteiger partial charge in [0.2, 0.25) is 10.0 Å². The smallest absolute Gasteiger partial charge is 0.291 e. The van der Waals surface area contributed by atoms with Gasteiger partial charge in [0.15, 0.2) is 16.5 Å². The molecule has 0 aliphatic rings. The largest absolute Gasteiger partial charge is 0.448 e. The summed E-state index contributed by atoms with van der Waals surface area (Å²) in [5.74, 6) is 0.280. The van der Waals surface area contributed by atoms with E-state index in [0.717, 1.165) is 16.5 Å². The van der Waals surface area contributed by atoms with Crippen molar-refractivity contribution in [3.63, 3.8) is 0 Å². The van der Waals surface area contributed by atoms with Crippen LogP contribution < -0.4 is 10.0 Å². The third kappa shape index (κ3) is 4.05. The number of aromatic nitrogens is 1. The fraction of sp³-hybridized carbons (Fsp3) is 0.0526. The first-order chi connectivity index (χ1) is 13.4. The predicted octanol–water partition coefficient (Wildman–Crippen LogP) is 4.18. The summed E-state index contributed by atoms with van der Waals surface area (Å²) in [6, 6.07) is 17.4. The molecule has 142 valence electrons. The van der Waals surface area contributed by atoms with Gasteiger partial charge in [0.25, 0.3) is 5.91 Å². The van der Waals surface area contributed by atoms with Crippen LogP contribution in [-0.4, -0.2) is 25.6 Å². The van der Waals surface area contributed by atoms with E-state index >= 15 is 0 Å². The minimum atomic E-state index is -3.35. The Hall–Kier alpha value is -3.17. The Labute approximate surface area is 165 Å². The van der Waals surface area contributed by atoms with E-state index in [0.29, 0.717) is 22.1 Å². The molecule has 2 aromatic carbocycles. The molecule has 4 rings (SSSR count). The first-order valence-electron chi connectivity index (χ1n) is 8.22. The molecule has 28 heavy (non-hydrogen) atoms. The number of rotatable bonds is 5. The number of carbonyl (C=O) groups is 1. The van der Waals surface area contributed by atoms with Crippen molar-refractivity contribution < 1.29 is 17.6 Å². The summed E-state index contributed by atoms with van der Waals surface area (Å²) in [5, 5.41) is 3.42. The molecule has 0 radical (unpaired) electrons. The maximum atomic E-state index is 12.4. The van der Waals surface area contributed by atoms with Crippen LogP contribution in [0.15, 0.2) is 65.1 Å². The van der Waals surface area contributed by atoms with Crippen LogP contribution in [0.1, 0.15) is 10.6 Å². The zero-order valence-electron chi connectivity index (χ0n) is 14.7. The van der Waals surface area contributed by atoms with E-state index in [1.54, 1.807) is 36.4 Å².